The molecule has 4 rings (SSSR count). The van der Waals surface area contributed by atoms with E-state index in [1.807, 2.05) is 19.1 Å². The fourth-order valence-corrected chi connectivity index (χ4v) is 3.87. The number of pyridine rings is 1. The van der Waals surface area contributed by atoms with Crippen molar-refractivity contribution >= 4 is 16.7 Å². The van der Waals surface area contributed by atoms with Crippen LogP contribution in [-0.4, -0.2) is 34.7 Å². The number of piperidine rings is 1. The molecule has 0 amide bonds. The summed E-state index contributed by atoms with van der Waals surface area (Å²) in [6, 6.07) is 11.3. The summed E-state index contributed by atoms with van der Waals surface area (Å²) < 4.78 is 6.91. The minimum absolute atomic E-state index is 0.0211. The zero-order chi connectivity index (χ0) is 20.4. The summed E-state index contributed by atoms with van der Waals surface area (Å²) >= 11 is 0. The van der Waals surface area contributed by atoms with E-state index in [0.717, 1.165) is 37.4 Å². The van der Waals surface area contributed by atoms with Gasteiger partial charge in [0.2, 0.25) is 0 Å². The van der Waals surface area contributed by atoms with Crippen molar-refractivity contribution in [2.75, 3.05) is 25.1 Å². The molecule has 0 bridgehead atoms. The van der Waals surface area contributed by atoms with Crippen molar-refractivity contribution in [2.24, 2.45) is 5.92 Å². The summed E-state index contributed by atoms with van der Waals surface area (Å²) in [5, 5.41) is 9.97. The lowest BCUT2D eigenvalue weighted by atomic mass is 9.96. The lowest BCUT2D eigenvalue weighted by Gasteiger charge is -2.33. The normalized spacial score (nSPS) is 14.7. The first-order chi connectivity index (χ1) is 14.1. The van der Waals surface area contributed by atoms with E-state index in [-0.39, 0.29) is 5.56 Å². The Morgan fingerprint density at radius 3 is 2.76 bits per heavy atom. The van der Waals surface area contributed by atoms with Crippen molar-refractivity contribution in [2.45, 2.75) is 26.3 Å². The molecule has 2 aromatic heterocycles. The van der Waals surface area contributed by atoms with E-state index in [2.05, 4.69) is 20.9 Å². The van der Waals surface area contributed by atoms with Crippen LogP contribution in [0.2, 0.25) is 0 Å². The Morgan fingerprint density at radius 1 is 1.24 bits per heavy atom. The van der Waals surface area contributed by atoms with Crippen molar-refractivity contribution in [3.8, 4) is 11.8 Å². The van der Waals surface area contributed by atoms with Crippen LogP contribution in [0.1, 0.15) is 24.1 Å². The van der Waals surface area contributed by atoms with E-state index < -0.39 is 0 Å². The summed E-state index contributed by atoms with van der Waals surface area (Å²) in [6.07, 6.45) is 3.51. The molecule has 29 heavy (non-hydrogen) atoms. The highest BCUT2D eigenvalue weighted by molar-refractivity contribution is 5.78. The number of aromatic nitrogens is 3. The number of fused-ring (bicyclic) bond motifs is 1. The van der Waals surface area contributed by atoms with Gasteiger partial charge in [-0.1, -0.05) is 0 Å². The molecule has 0 atom stereocenters. The van der Waals surface area contributed by atoms with Crippen LogP contribution < -0.4 is 15.2 Å². The minimum atomic E-state index is -0.0211. The number of aryl methyl sites for hydroxylation is 1. The molecule has 0 unspecified atom stereocenters. The van der Waals surface area contributed by atoms with Gasteiger partial charge in [0, 0.05) is 31.4 Å². The van der Waals surface area contributed by atoms with E-state index in [4.69, 9.17) is 4.74 Å². The molecule has 7 nitrogen and oxygen atoms in total. The molecule has 1 aliphatic rings. The number of hydrogen-bond donors (Lipinski definition) is 0. The van der Waals surface area contributed by atoms with Crippen LogP contribution >= 0.6 is 0 Å². The van der Waals surface area contributed by atoms with Crippen molar-refractivity contribution in [1.82, 2.24) is 14.5 Å². The molecule has 1 saturated heterocycles. The number of benzene rings is 1. The fraction of sp³-hybridized carbons (Fsp3) is 0.364. The maximum Gasteiger partial charge on any atom is 0.261 e. The Hall–Kier alpha value is -3.40. The molecule has 7 heteroatoms. The number of nitriles is 1. The minimum Gasteiger partial charge on any atom is -0.497 e. The molecule has 0 aliphatic carbocycles. The van der Waals surface area contributed by atoms with Crippen LogP contribution in [0.15, 0.2) is 41.5 Å². The maximum absolute atomic E-state index is 12.8. The average molecular weight is 389 g/mol. The summed E-state index contributed by atoms with van der Waals surface area (Å²) in [7, 11) is 1.60. The molecule has 3 aromatic rings. The van der Waals surface area contributed by atoms with Gasteiger partial charge in [-0.05, 0) is 49.9 Å². The quantitative estimate of drug-likeness (QED) is 0.682. The van der Waals surface area contributed by atoms with Crippen molar-refractivity contribution in [1.29, 1.82) is 5.26 Å². The van der Waals surface area contributed by atoms with E-state index in [1.165, 1.54) is 0 Å². The van der Waals surface area contributed by atoms with Crippen LogP contribution in [0.5, 0.6) is 5.75 Å². The monoisotopic (exact) mass is 389 g/mol. The highest BCUT2D eigenvalue weighted by atomic mass is 16.5. The Balaban J connectivity index is 1.48. The highest BCUT2D eigenvalue weighted by Gasteiger charge is 2.23. The Bertz CT molecular complexity index is 1140. The molecule has 0 radical (unpaired) electrons. The molecule has 0 saturated carbocycles. The molecule has 1 aromatic carbocycles. The summed E-state index contributed by atoms with van der Waals surface area (Å²) in [4.78, 5) is 24.0. The second-order valence-corrected chi connectivity index (χ2v) is 7.45. The van der Waals surface area contributed by atoms with Crippen LogP contribution in [0.4, 0.5) is 5.82 Å². The number of nitrogens with zero attached hydrogens (tertiary/aromatic N) is 5. The number of rotatable bonds is 4. The van der Waals surface area contributed by atoms with E-state index in [9.17, 15) is 10.1 Å². The standard InChI is InChI=1S/C22H23N5O2/c1-15-3-4-17(12-23)21(25-15)26-9-7-16(8-10-26)13-27-14-24-20-11-18(29-2)5-6-19(20)22(27)28/h3-6,11,14,16H,7-10,13H2,1-2H3. The number of anilines is 1. The van der Waals surface area contributed by atoms with Gasteiger partial charge >= 0.3 is 0 Å². The fourth-order valence-electron chi connectivity index (χ4n) is 3.87. The largest absolute Gasteiger partial charge is 0.497 e. The lowest BCUT2D eigenvalue weighted by molar-refractivity contribution is 0.351. The van der Waals surface area contributed by atoms with Gasteiger partial charge in [-0.3, -0.25) is 9.36 Å². The lowest BCUT2D eigenvalue weighted by Crippen LogP contribution is -2.37. The second-order valence-electron chi connectivity index (χ2n) is 7.45. The van der Waals surface area contributed by atoms with Gasteiger partial charge in [-0.2, -0.15) is 5.26 Å². The third-order valence-corrected chi connectivity index (χ3v) is 5.54. The first-order valence-corrected chi connectivity index (χ1v) is 9.75. The van der Waals surface area contributed by atoms with Gasteiger partial charge in [0.05, 0.1) is 29.9 Å². The van der Waals surface area contributed by atoms with Gasteiger partial charge in [0.15, 0.2) is 0 Å². The van der Waals surface area contributed by atoms with Crippen molar-refractivity contribution < 1.29 is 4.74 Å². The van der Waals surface area contributed by atoms with Gasteiger partial charge in [0.25, 0.3) is 5.56 Å². The van der Waals surface area contributed by atoms with Crippen LogP contribution in [0.25, 0.3) is 10.9 Å². The predicted octanol–water partition coefficient (Wildman–Crippen LogP) is 2.90. The Kier molecular flexibility index (Phi) is 5.17. The highest BCUT2D eigenvalue weighted by Crippen LogP contribution is 2.26. The van der Waals surface area contributed by atoms with Crippen LogP contribution in [0, 0.1) is 24.2 Å². The van der Waals surface area contributed by atoms with E-state index in [1.54, 1.807) is 36.2 Å². The van der Waals surface area contributed by atoms with Gasteiger partial charge in [-0.15, -0.1) is 0 Å². The summed E-state index contributed by atoms with van der Waals surface area (Å²) in [6.45, 7) is 4.23. The predicted molar refractivity (Wildman–Crippen MR) is 111 cm³/mol. The summed E-state index contributed by atoms with van der Waals surface area (Å²) in [5.41, 5.74) is 2.15. The van der Waals surface area contributed by atoms with Gasteiger partial charge in [-0.25, -0.2) is 9.97 Å². The van der Waals surface area contributed by atoms with Gasteiger partial charge < -0.3 is 9.64 Å². The van der Waals surface area contributed by atoms with Crippen LogP contribution in [0.3, 0.4) is 0 Å². The molecular formula is C22H23N5O2. The topological polar surface area (TPSA) is 84.0 Å². The maximum atomic E-state index is 12.8. The molecule has 1 aliphatic heterocycles. The molecule has 0 N–H and O–H groups in total. The number of methoxy groups -OCH3 is 1. The Labute approximate surface area is 169 Å². The van der Waals surface area contributed by atoms with E-state index >= 15 is 0 Å². The third kappa shape index (κ3) is 3.79. The summed E-state index contributed by atoms with van der Waals surface area (Å²) in [5.74, 6) is 1.84. The molecule has 1 fully saturated rings. The Morgan fingerprint density at radius 2 is 2.03 bits per heavy atom. The first kappa shape index (κ1) is 18.9. The van der Waals surface area contributed by atoms with Crippen molar-refractivity contribution in [3.63, 3.8) is 0 Å². The second kappa shape index (κ2) is 7.92. The molecular weight excluding hydrogens is 366 g/mol. The first-order valence-electron chi connectivity index (χ1n) is 9.75. The van der Waals surface area contributed by atoms with E-state index in [0.29, 0.717) is 34.7 Å². The zero-order valence-electron chi connectivity index (χ0n) is 16.6. The molecule has 0 spiro atoms. The SMILES string of the molecule is COc1ccc2c(=O)n(CC3CCN(c4nc(C)ccc4C#N)CC3)cnc2c1. The van der Waals surface area contributed by atoms with Crippen LogP contribution in [-0.2, 0) is 6.54 Å². The number of ether oxygens (including phenoxy) is 1. The average Bonchev–Trinajstić information content (AvgIpc) is 2.76. The number of hydrogen-bond acceptors (Lipinski definition) is 6. The van der Waals surface area contributed by atoms with Gasteiger partial charge in [0.1, 0.15) is 17.6 Å². The zero-order valence-corrected chi connectivity index (χ0v) is 16.6. The molecule has 3 heterocycles. The smallest absolute Gasteiger partial charge is 0.261 e. The third-order valence-electron chi connectivity index (χ3n) is 5.54. The molecule has 148 valence electrons. The van der Waals surface area contributed by atoms with Crippen molar-refractivity contribution in [3.05, 3.63) is 58.3 Å².